The molecule has 0 radical (unpaired) electrons. The second kappa shape index (κ2) is 8.24. The predicted molar refractivity (Wildman–Crippen MR) is 70.8 cm³/mol. The highest BCUT2D eigenvalue weighted by Crippen LogP contribution is 2.01. The molecule has 0 aromatic carbocycles. The van der Waals surface area contributed by atoms with Crippen molar-refractivity contribution in [1.82, 2.24) is 9.80 Å². The van der Waals surface area contributed by atoms with E-state index in [1.54, 1.807) is 0 Å². The van der Waals surface area contributed by atoms with E-state index in [1.807, 2.05) is 6.92 Å². The van der Waals surface area contributed by atoms with Crippen molar-refractivity contribution in [1.29, 1.82) is 0 Å². The van der Waals surface area contributed by atoms with Gasteiger partial charge in [-0.1, -0.05) is 12.2 Å². The lowest BCUT2D eigenvalue weighted by Crippen LogP contribution is -2.42. The van der Waals surface area contributed by atoms with Crippen molar-refractivity contribution in [3.63, 3.8) is 0 Å². The zero-order valence-electron chi connectivity index (χ0n) is 11.2. The molecule has 0 amide bonds. The maximum Gasteiger partial charge on any atom is 0.304 e. The molecule has 18 heavy (non-hydrogen) atoms. The van der Waals surface area contributed by atoms with Crippen LogP contribution in [0.1, 0.15) is 13.3 Å². The third kappa shape index (κ3) is 6.74. The summed E-state index contributed by atoms with van der Waals surface area (Å²) < 4.78 is 5.30. The van der Waals surface area contributed by atoms with E-state index in [-0.39, 0.29) is 6.42 Å². The fourth-order valence-corrected chi connectivity index (χ4v) is 2.01. The topological polar surface area (TPSA) is 53.0 Å². The van der Waals surface area contributed by atoms with E-state index in [2.05, 4.69) is 16.4 Å². The summed E-state index contributed by atoms with van der Waals surface area (Å²) in [4.78, 5) is 15.1. The highest BCUT2D eigenvalue weighted by atomic mass is 16.5. The average Bonchev–Trinajstić information content (AvgIpc) is 2.33. The van der Waals surface area contributed by atoms with Gasteiger partial charge in [0.25, 0.3) is 0 Å². The molecule has 1 aliphatic rings. The van der Waals surface area contributed by atoms with E-state index in [4.69, 9.17) is 9.84 Å². The molecule has 1 saturated heterocycles. The van der Waals surface area contributed by atoms with E-state index < -0.39 is 5.97 Å². The fraction of sp³-hybridized carbons (Fsp3) is 0.769. The SMILES string of the molecule is C=C(C)CN(CCC(=O)O)CCN1CCOCC1. The van der Waals surface area contributed by atoms with Gasteiger partial charge in [-0.3, -0.25) is 14.6 Å². The van der Waals surface area contributed by atoms with Crippen LogP contribution in [0.3, 0.4) is 0 Å². The number of hydrogen-bond acceptors (Lipinski definition) is 4. The first-order valence-corrected chi connectivity index (χ1v) is 6.46. The lowest BCUT2D eigenvalue weighted by atomic mass is 10.3. The Morgan fingerprint density at radius 2 is 2.06 bits per heavy atom. The first kappa shape index (κ1) is 15.1. The fourth-order valence-electron chi connectivity index (χ4n) is 2.01. The number of hydrogen-bond donors (Lipinski definition) is 1. The summed E-state index contributed by atoms with van der Waals surface area (Å²) in [7, 11) is 0. The molecule has 1 N–H and O–H groups in total. The third-order valence-corrected chi connectivity index (χ3v) is 2.97. The Morgan fingerprint density at radius 1 is 1.39 bits per heavy atom. The lowest BCUT2D eigenvalue weighted by Gasteiger charge is -2.30. The predicted octanol–water partition coefficient (Wildman–Crippen LogP) is 0.671. The first-order chi connectivity index (χ1) is 8.58. The summed E-state index contributed by atoms with van der Waals surface area (Å²) in [5, 5.41) is 8.74. The Balaban J connectivity index is 2.29. The molecule has 0 spiro atoms. The van der Waals surface area contributed by atoms with Crippen LogP contribution in [0.5, 0.6) is 0 Å². The Morgan fingerprint density at radius 3 is 2.61 bits per heavy atom. The summed E-state index contributed by atoms with van der Waals surface area (Å²) in [6.45, 7) is 12.6. The van der Waals surface area contributed by atoms with Crippen molar-refractivity contribution in [3.8, 4) is 0 Å². The Bertz CT molecular complexity index is 275. The van der Waals surface area contributed by atoms with Crippen LogP contribution < -0.4 is 0 Å². The van der Waals surface area contributed by atoms with Gasteiger partial charge < -0.3 is 9.84 Å². The van der Waals surface area contributed by atoms with E-state index >= 15 is 0 Å². The smallest absolute Gasteiger partial charge is 0.304 e. The Hall–Kier alpha value is -0.910. The second-order valence-electron chi connectivity index (χ2n) is 4.83. The Kier molecular flexibility index (Phi) is 6.93. The van der Waals surface area contributed by atoms with Gasteiger partial charge in [0.2, 0.25) is 0 Å². The molecule has 0 aromatic heterocycles. The van der Waals surface area contributed by atoms with Gasteiger partial charge >= 0.3 is 5.97 Å². The van der Waals surface area contributed by atoms with E-state index in [1.165, 1.54) is 0 Å². The highest BCUT2D eigenvalue weighted by molar-refractivity contribution is 5.66. The Labute approximate surface area is 109 Å². The van der Waals surface area contributed by atoms with Crippen molar-refractivity contribution < 1.29 is 14.6 Å². The molecule has 104 valence electrons. The number of morpholine rings is 1. The molecule has 1 fully saturated rings. The molecule has 1 rings (SSSR count). The monoisotopic (exact) mass is 256 g/mol. The van der Waals surface area contributed by atoms with E-state index in [0.29, 0.717) is 6.54 Å². The van der Waals surface area contributed by atoms with Crippen LogP contribution in [-0.2, 0) is 9.53 Å². The van der Waals surface area contributed by atoms with Gasteiger partial charge in [0.15, 0.2) is 0 Å². The third-order valence-electron chi connectivity index (χ3n) is 2.97. The molecule has 0 bridgehead atoms. The number of carboxylic acid groups (broad SMARTS) is 1. The summed E-state index contributed by atoms with van der Waals surface area (Å²) >= 11 is 0. The van der Waals surface area contributed by atoms with Crippen LogP contribution in [-0.4, -0.2) is 73.4 Å². The van der Waals surface area contributed by atoms with E-state index in [0.717, 1.165) is 51.5 Å². The largest absolute Gasteiger partial charge is 0.481 e. The zero-order chi connectivity index (χ0) is 13.4. The van der Waals surface area contributed by atoms with Crippen LogP contribution in [0.15, 0.2) is 12.2 Å². The summed E-state index contributed by atoms with van der Waals surface area (Å²) in [5.74, 6) is -0.743. The maximum atomic E-state index is 10.6. The van der Waals surface area contributed by atoms with Gasteiger partial charge in [-0.05, 0) is 6.92 Å². The van der Waals surface area contributed by atoms with Crippen LogP contribution >= 0.6 is 0 Å². The van der Waals surface area contributed by atoms with Crippen molar-refractivity contribution in [2.75, 3.05) is 52.5 Å². The minimum atomic E-state index is -0.743. The average molecular weight is 256 g/mol. The molecule has 0 unspecified atom stereocenters. The normalized spacial score (nSPS) is 17.0. The number of aliphatic carboxylic acids is 1. The van der Waals surface area contributed by atoms with Gasteiger partial charge in [-0.25, -0.2) is 0 Å². The molecule has 0 aromatic rings. The lowest BCUT2D eigenvalue weighted by molar-refractivity contribution is -0.137. The summed E-state index contributed by atoms with van der Waals surface area (Å²) in [6, 6.07) is 0. The number of nitrogens with zero attached hydrogens (tertiary/aromatic N) is 2. The first-order valence-electron chi connectivity index (χ1n) is 6.46. The van der Waals surface area contributed by atoms with Crippen molar-refractivity contribution in [3.05, 3.63) is 12.2 Å². The number of rotatable bonds is 8. The molecular weight excluding hydrogens is 232 g/mol. The second-order valence-corrected chi connectivity index (χ2v) is 4.83. The van der Waals surface area contributed by atoms with Crippen LogP contribution in [0.25, 0.3) is 0 Å². The molecule has 0 atom stereocenters. The number of ether oxygens (including phenoxy) is 1. The molecule has 0 aliphatic carbocycles. The van der Waals surface area contributed by atoms with E-state index in [9.17, 15) is 4.79 Å². The molecule has 1 aliphatic heterocycles. The highest BCUT2D eigenvalue weighted by Gasteiger charge is 2.13. The van der Waals surface area contributed by atoms with Gasteiger partial charge in [0.1, 0.15) is 0 Å². The minimum Gasteiger partial charge on any atom is -0.481 e. The van der Waals surface area contributed by atoms with Crippen molar-refractivity contribution in [2.45, 2.75) is 13.3 Å². The standard InChI is InChI=1S/C13H24N2O3/c1-12(2)11-15(4-3-13(16)17)6-5-14-7-9-18-10-8-14/h1,3-11H2,2H3,(H,16,17). The zero-order valence-corrected chi connectivity index (χ0v) is 11.2. The van der Waals surface area contributed by atoms with Gasteiger partial charge in [0.05, 0.1) is 19.6 Å². The number of carboxylic acids is 1. The quantitative estimate of drug-likeness (QED) is 0.647. The van der Waals surface area contributed by atoms with Gasteiger partial charge in [0, 0.05) is 39.3 Å². The number of carbonyl (C=O) groups is 1. The molecule has 5 heteroatoms. The summed E-state index contributed by atoms with van der Waals surface area (Å²) in [5.41, 5.74) is 1.07. The van der Waals surface area contributed by atoms with Crippen LogP contribution in [0.4, 0.5) is 0 Å². The van der Waals surface area contributed by atoms with Crippen molar-refractivity contribution >= 4 is 5.97 Å². The maximum absolute atomic E-state index is 10.6. The molecule has 1 heterocycles. The summed E-state index contributed by atoms with van der Waals surface area (Å²) in [6.07, 6.45) is 0.191. The molecule has 0 saturated carbocycles. The van der Waals surface area contributed by atoms with Gasteiger partial charge in [-0.15, -0.1) is 0 Å². The molecular formula is C13H24N2O3. The molecule has 5 nitrogen and oxygen atoms in total. The van der Waals surface area contributed by atoms with Crippen LogP contribution in [0, 0.1) is 0 Å². The van der Waals surface area contributed by atoms with Gasteiger partial charge in [-0.2, -0.15) is 0 Å². The van der Waals surface area contributed by atoms with Crippen molar-refractivity contribution in [2.24, 2.45) is 0 Å². The minimum absolute atomic E-state index is 0.191. The van der Waals surface area contributed by atoms with Crippen LogP contribution in [0.2, 0.25) is 0 Å².